The second-order valence-corrected chi connectivity index (χ2v) is 5.79. The molecule has 0 atom stereocenters. The van der Waals surface area contributed by atoms with Crippen molar-refractivity contribution >= 4 is 5.82 Å². The Bertz CT molecular complexity index is 601. The number of nitrogens with two attached hydrogens (primary N) is 1. The monoisotopic (exact) mass is 286 g/mol. The van der Waals surface area contributed by atoms with Gasteiger partial charge in [0.05, 0.1) is 12.7 Å². The van der Waals surface area contributed by atoms with Crippen LogP contribution in [0.2, 0.25) is 0 Å². The summed E-state index contributed by atoms with van der Waals surface area (Å²) in [6, 6.07) is 7.87. The lowest BCUT2D eigenvalue weighted by atomic mass is 9.97. The zero-order valence-electron chi connectivity index (χ0n) is 12.5. The average molecular weight is 286 g/mol. The standard InChI is InChI=1S/C17H22N2O2/c1-20-14-8-4-7-13(11-14)16-15(21-19-17(16)18)10-9-12-5-2-3-6-12/h4,7-8,11-12H,2-3,5-6,9-10H2,1H3,(H2,18,19). The van der Waals surface area contributed by atoms with E-state index >= 15 is 0 Å². The molecule has 1 aromatic carbocycles. The van der Waals surface area contributed by atoms with Gasteiger partial charge in [-0.05, 0) is 30.0 Å². The molecule has 1 aromatic heterocycles. The Morgan fingerprint density at radius 1 is 1.33 bits per heavy atom. The summed E-state index contributed by atoms with van der Waals surface area (Å²) in [4.78, 5) is 0. The molecule has 0 radical (unpaired) electrons. The fraction of sp³-hybridized carbons (Fsp3) is 0.471. The lowest BCUT2D eigenvalue weighted by Crippen LogP contribution is -1.97. The zero-order valence-corrected chi connectivity index (χ0v) is 12.5. The Morgan fingerprint density at radius 2 is 2.14 bits per heavy atom. The number of aromatic nitrogens is 1. The Kier molecular flexibility index (Phi) is 4.13. The minimum atomic E-state index is 0.463. The summed E-state index contributed by atoms with van der Waals surface area (Å²) in [5.41, 5.74) is 7.93. The van der Waals surface area contributed by atoms with Crippen LogP contribution in [0.5, 0.6) is 5.75 Å². The molecule has 1 aliphatic carbocycles. The molecule has 0 unspecified atom stereocenters. The molecular formula is C17H22N2O2. The summed E-state index contributed by atoms with van der Waals surface area (Å²) in [5.74, 6) is 3.00. The molecule has 1 aliphatic rings. The van der Waals surface area contributed by atoms with Crippen molar-refractivity contribution in [2.45, 2.75) is 38.5 Å². The van der Waals surface area contributed by atoms with E-state index in [0.29, 0.717) is 5.82 Å². The van der Waals surface area contributed by atoms with Crippen molar-refractivity contribution in [1.29, 1.82) is 0 Å². The largest absolute Gasteiger partial charge is 0.497 e. The fourth-order valence-corrected chi connectivity index (χ4v) is 3.23. The van der Waals surface area contributed by atoms with E-state index in [-0.39, 0.29) is 0 Å². The van der Waals surface area contributed by atoms with E-state index in [2.05, 4.69) is 5.16 Å². The minimum Gasteiger partial charge on any atom is -0.497 e. The summed E-state index contributed by atoms with van der Waals surface area (Å²) >= 11 is 0. The molecule has 3 rings (SSSR count). The normalized spacial score (nSPS) is 15.5. The fourth-order valence-electron chi connectivity index (χ4n) is 3.23. The third kappa shape index (κ3) is 3.04. The molecule has 0 aliphatic heterocycles. The molecule has 1 heterocycles. The second-order valence-electron chi connectivity index (χ2n) is 5.79. The van der Waals surface area contributed by atoms with Crippen molar-refractivity contribution in [2.24, 2.45) is 5.92 Å². The van der Waals surface area contributed by atoms with Gasteiger partial charge >= 0.3 is 0 Å². The molecule has 21 heavy (non-hydrogen) atoms. The highest BCUT2D eigenvalue weighted by molar-refractivity contribution is 5.76. The number of nitrogen functional groups attached to an aromatic ring is 1. The number of methoxy groups -OCH3 is 1. The molecule has 0 amide bonds. The van der Waals surface area contributed by atoms with E-state index in [1.807, 2.05) is 24.3 Å². The van der Waals surface area contributed by atoms with Gasteiger partial charge in [-0.1, -0.05) is 43.0 Å². The Labute approximate surface area is 125 Å². The number of anilines is 1. The highest BCUT2D eigenvalue weighted by atomic mass is 16.5. The van der Waals surface area contributed by atoms with E-state index in [1.165, 1.54) is 25.7 Å². The maximum atomic E-state index is 6.00. The van der Waals surface area contributed by atoms with Gasteiger partial charge in [-0.15, -0.1) is 0 Å². The molecule has 0 bridgehead atoms. The first-order valence-electron chi connectivity index (χ1n) is 7.66. The van der Waals surface area contributed by atoms with Gasteiger partial charge in [-0.25, -0.2) is 0 Å². The number of ether oxygens (including phenoxy) is 1. The zero-order chi connectivity index (χ0) is 14.7. The van der Waals surface area contributed by atoms with Crippen molar-refractivity contribution in [3.8, 4) is 16.9 Å². The smallest absolute Gasteiger partial charge is 0.175 e. The maximum Gasteiger partial charge on any atom is 0.175 e. The summed E-state index contributed by atoms with van der Waals surface area (Å²) in [5, 5.41) is 3.96. The molecule has 112 valence electrons. The highest BCUT2D eigenvalue weighted by Crippen LogP contribution is 2.34. The van der Waals surface area contributed by atoms with Gasteiger partial charge in [0, 0.05) is 6.42 Å². The SMILES string of the molecule is COc1cccc(-c2c(N)noc2CCC2CCCC2)c1. The third-order valence-corrected chi connectivity index (χ3v) is 4.40. The van der Waals surface area contributed by atoms with Crippen LogP contribution in [0.4, 0.5) is 5.82 Å². The third-order valence-electron chi connectivity index (χ3n) is 4.40. The van der Waals surface area contributed by atoms with Crippen molar-refractivity contribution in [3.05, 3.63) is 30.0 Å². The van der Waals surface area contributed by atoms with Gasteiger partial charge in [0.2, 0.25) is 0 Å². The summed E-state index contributed by atoms with van der Waals surface area (Å²) in [6.45, 7) is 0. The molecular weight excluding hydrogens is 264 g/mol. The average Bonchev–Trinajstić information content (AvgIpc) is 3.14. The van der Waals surface area contributed by atoms with Crippen LogP contribution in [0.1, 0.15) is 37.9 Å². The van der Waals surface area contributed by atoms with Crippen LogP contribution >= 0.6 is 0 Å². The predicted octanol–water partition coefficient (Wildman–Crippen LogP) is 4.06. The van der Waals surface area contributed by atoms with Crippen molar-refractivity contribution < 1.29 is 9.26 Å². The van der Waals surface area contributed by atoms with Gasteiger partial charge in [0.1, 0.15) is 11.5 Å². The first-order valence-corrected chi connectivity index (χ1v) is 7.66. The quantitative estimate of drug-likeness (QED) is 0.900. The van der Waals surface area contributed by atoms with E-state index < -0.39 is 0 Å². The lowest BCUT2D eigenvalue weighted by Gasteiger charge is -2.08. The second kappa shape index (κ2) is 6.20. The van der Waals surface area contributed by atoms with Crippen LogP contribution in [0.3, 0.4) is 0 Å². The van der Waals surface area contributed by atoms with Crippen LogP contribution in [0.15, 0.2) is 28.8 Å². The van der Waals surface area contributed by atoms with Crippen molar-refractivity contribution in [3.63, 3.8) is 0 Å². The van der Waals surface area contributed by atoms with E-state index in [1.54, 1.807) is 7.11 Å². The highest BCUT2D eigenvalue weighted by Gasteiger charge is 2.20. The van der Waals surface area contributed by atoms with E-state index in [9.17, 15) is 0 Å². The van der Waals surface area contributed by atoms with Gasteiger partial charge < -0.3 is 15.0 Å². The molecule has 0 saturated heterocycles. The molecule has 1 saturated carbocycles. The van der Waals surface area contributed by atoms with Gasteiger partial charge in [-0.3, -0.25) is 0 Å². The number of hydrogen-bond donors (Lipinski definition) is 1. The Hall–Kier alpha value is -1.97. The van der Waals surface area contributed by atoms with Crippen LogP contribution in [-0.2, 0) is 6.42 Å². The Morgan fingerprint density at radius 3 is 2.90 bits per heavy atom. The topological polar surface area (TPSA) is 61.3 Å². The maximum absolute atomic E-state index is 6.00. The van der Waals surface area contributed by atoms with Gasteiger partial charge in [0.25, 0.3) is 0 Å². The van der Waals surface area contributed by atoms with E-state index in [0.717, 1.165) is 41.4 Å². The van der Waals surface area contributed by atoms with E-state index in [4.69, 9.17) is 15.0 Å². The molecule has 4 nitrogen and oxygen atoms in total. The first kappa shape index (κ1) is 14.0. The number of nitrogens with zero attached hydrogens (tertiary/aromatic N) is 1. The first-order chi connectivity index (χ1) is 10.3. The lowest BCUT2D eigenvalue weighted by molar-refractivity contribution is 0.370. The predicted molar refractivity (Wildman–Crippen MR) is 83.2 cm³/mol. The number of benzene rings is 1. The van der Waals surface area contributed by atoms with Gasteiger partial charge in [-0.2, -0.15) is 0 Å². The number of aryl methyl sites for hydroxylation is 1. The summed E-state index contributed by atoms with van der Waals surface area (Å²) in [6.07, 6.45) is 7.49. The minimum absolute atomic E-state index is 0.463. The van der Waals surface area contributed by atoms with Crippen LogP contribution in [0, 0.1) is 5.92 Å². The molecule has 0 spiro atoms. The molecule has 1 fully saturated rings. The van der Waals surface area contributed by atoms with Crippen molar-refractivity contribution in [1.82, 2.24) is 5.16 Å². The summed E-state index contributed by atoms with van der Waals surface area (Å²) < 4.78 is 10.7. The van der Waals surface area contributed by atoms with Gasteiger partial charge in [0.15, 0.2) is 5.82 Å². The van der Waals surface area contributed by atoms with Crippen LogP contribution in [0.25, 0.3) is 11.1 Å². The van der Waals surface area contributed by atoms with Crippen LogP contribution in [-0.4, -0.2) is 12.3 Å². The van der Waals surface area contributed by atoms with Crippen molar-refractivity contribution in [2.75, 3.05) is 12.8 Å². The summed E-state index contributed by atoms with van der Waals surface area (Å²) in [7, 11) is 1.66. The molecule has 2 N–H and O–H groups in total. The number of hydrogen-bond acceptors (Lipinski definition) is 4. The molecule has 2 aromatic rings. The number of rotatable bonds is 5. The Balaban J connectivity index is 1.82. The molecule has 4 heteroatoms. The van der Waals surface area contributed by atoms with Crippen LogP contribution < -0.4 is 10.5 Å².